The fourth-order valence-electron chi connectivity index (χ4n) is 1.01. The molecule has 0 aliphatic rings. The van der Waals surface area contributed by atoms with Gasteiger partial charge < -0.3 is 15.9 Å². The molecule has 1 aromatic rings. The van der Waals surface area contributed by atoms with Gasteiger partial charge in [-0.3, -0.25) is 0 Å². The number of hydrogen-bond acceptors (Lipinski definition) is 3. The highest BCUT2D eigenvalue weighted by molar-refractivity contribution is 5.44. The molecule has 0 amide bonds. The largest absolute Gasteiger partial charge is 0.507 e. The van der Waals surface area contributed by atoms with Gasteiger partial charge in [0, 0.05) is 6.04 Å². The Morgan fingerprint density at radius 1 is 1.27 bits per heavy atom. The van der Waals surface area contributed by atoms with E-state index in [1.54, 1.807) is 13.0 Å². The van der Waals surface area contributed by atoms with Crippen LogP contribution in [0.25, 0.3) is 0 Å². The van der Waals surface area contributed by atoms with Crippen LogP contribution in [0.5, 0.6) is 11.5 Å². The molecule has 0 radical (unpaired) electrons. The third-order valence-electron chi connectivity index (χ3n) is 1.52. The van der Waals surface area contributed by atoms with Gasteiger partial charge in [-0.05, 0) is 19.1 Å². The molecule has 11 heavy (non-hydrogen) atoms. The molecule has 1 aromatic carbocycles. The zero-order chi connectivity index (χ0) is 8.43. The quantitative estimate of drug-likeness (QED) is 0.566. The van der Waals surface area contributed by atoms with Gasteiger partial charge >= 0.3 is 0 Å². The summed E-state index contributed by atoms with van der Waals surface area (Å²) in [5.74, 6) is 0.0833. The maximum atomic E-state index is 9.22. The average molecular weight is 153 g/mol. The summed E-state index contributed by atoms with van der Waals surface area (Å²) in [4.78, 5) is 0. The van der Waals surface area contributed by atoms with E-state index in [1.165, 1.54) is 12.1 Å². The van der Waals surface area contributed by atoms with Crippen LogP contribution >= 0.6 is 0 Å². The number of phenols is 2. The molecule has 1 unspecified atom stereocenters. The summed E-state index contributed by atoms with van der Waals surface area (Å²) in [7, 11) is 0. The molecule has 0 aliphatic carbocycles. The molecule has 1 atom stereocenters. The van der Waals surface area contributed by atoms with E-state index in [0.717, 1.165) is 0 Å². The zero-order valence-electron chi connectivity index (χ0n) is 6.28. The van der Waals surface area contributed by atoms with Crippen LogP contribution in [-0.4, -0.2) is 10.2 Å². The summed E-state index contributed by atoms with van der Waals surface area (Å²) in [6.07, 6.45) is 0. The van der Waals surface area contributed by atoms with Gasteiger partial charge in [0.1, 0.15) is 11.5 Å². The molecule has 4 N–H and O–H groups in total. The predicted octanol–water partition coefficient (Wildman–Crippen LogP) is 1.12. The van der Waals surface area contributed by atoms with E-state index < -0.39 is 0 Å². The molecular weight excluding hydrogens is 142 g/mol. The Balaban J connectivity index is 3.21. The monoisotopic (exact) mass is 153 g/mol. The van der Waals surface area contributed by atoms with E-state index in [-0.39, 0.29) is 17.5 Å². The number of aromatic hydroxyl groups is 2. The average Bonchev–Trinajstić information content (AvgIpc) is 1.85. The van der Waals surface area contributed by atoms with E-state index in [9.17, 15) is 10.2 Å². The molecule has 0 bridgehead atoms. The summed E-state index contributed by atoms with van der Waals surface area (Å²) in [6.45, 7) is 1.70. The summed E-state index contributed by atoms with van der Waals surface area (Å²) in [5, 5.41) is 18.4. The summed E-state index contributed by atoms with van der Waals surface area (Å²) < 4.78 is 0. The summed E-state index contributed by atoms with van der Waals surface area (Å²) in [6, 6.07) is 4.21. The zero-order valence-corrected chi connectivity index (χ0v) is 6.28. The minimum Gasteiger partial charge on any atom is -0.507 e. The Morgan fingerprint density at radius 2 is 1.73 bits per heavy atom. The van der Waals surface area contributed by atoms with Crippen LogP contribution in [0.4, 0.5) is 0 Å². The van der Waals surface area contributed by atoms with Crippen molar-refractivity contribution < 1.29 is 10.2 Å². The number of phenolic OH excluding ortho intramolecular Hbond substituents is 2. The first-order valence-corrected chi connectivity index (χ1v) is 3.39. The second-order valence-corrected chi connectivity index (χ2v) is 2.50. The molecule has 0 fully saturated rings. The topological polar surface area (TPSA) is 66.5 Å². The SMILES string of the molecule is CC(N)c1c(O)cccc1O. The van der Waals surface area contributed by atoms with E-state index >= 15 is 0 Å². The smallest absolute Gasteiger partial charge is 0.124 e. The van der Waals surface area contributed by atoms with Crippen molar-refractivity contribution in [3.63, 3.8) is 0 Å². The summed E-state index contributed by atoms with van der Waals surface area (Å²) in [5.41, 5.74) is 5.89. The highest BCUT2D eigenvalue weighted by Gasteiger charge is 2.09. The van der Waals surface area contributed by atoms with Crippen molar-refractivity contribution >= 4 is 0 Å². The number of rotatable bonds is 1. The van der Waals surface area contributed by atoms with E-state index in [4.69, 9.17) is 5.73 Å². The molecule has 0 saturated heterocycles. The third kappa shape index (κ3) is 1.43. The number of hydrogen-bond donors (Lipinski definition) is 3. The van der Waals surface area contributed by atoms with Crippen molar-refractivity contribution in [2.45, 2.75) is 13.0 Å². The Hall–Kier alpha value is -1.22. The third-order valence-corrected chi connectivity index (χ3v) is 1.52. The fourth-order valence-corrected chi connectivity index (χ4v) is 1.01. The van der Waals surface area contributed by atoms with Crippen LogP contribution in [0.15, 0.2) is 18.2 Å². The van der Waals surface area contributed by atoms with Gasteiger partial charge in [-0.25, -0.2) is 0 Å². The molecule has 0 saturated carbocycles. The molecular formula is C8H11NO2. The first-order valence-electron chi connectivity index (χ1n) is 3.39. The lowest BCUT2D eigenvalue weighted by molar-refractivity contribution is 0.432. The fraction of sp³-hybridized carbons (Fsp3) is 0.250. The second kappa shape index (κ2) is 2.80. The van der Waals surface area contributed by atoms with Crippen LogP contribution in [-0.2, 0) is 0 Å². The lowest BCUT2D eigenvalue weighted by Gasteiger charge is -2.09. The van der Waals surface area contributed by atoms with Crippen LogP contribution in [0, 0.1) is 0 Å². The second-order valence-electron chi connectivity index (χ2n) is 2.50. The molecule has 0 aliphatic heterocycles. The molecule has 0 heterocycles. The lowest BCUT2D eigenvalue weighted by Crippen LogP contribution is -2.05. The standard InChI is InChI=1S/C8H11NO2/c1-5(9)8-6(10)3-2-4-7(8)11/h2-5,10-11H,9H2,1H3. The Kier molecular flexibility index (Phi) is 2.01. The van der Waals surface area contributed by atoms with Gasteiger partial charge in [0.25, 0.3) is 0 Å². The van der Waals surface area contributed by atoms with E-state index in [1.807, 2.05) is 0 Å². The lowest BCUT2D eigenvalue weighted by atomic mass is 10.1. The van der Waals surface area contributed by atoms with Crippen molar-refractivity contribution in [2.24, 2.45) is 5.73 Å². The number of nitrogens with two attached hydrogens (primary N) is 1. The number of benzene rings is 1. The van der Waals surface area contributed by atoms with Gasteiger partial charge in [-0.15, -0.1) is 0 Å². The van der Waals surface area contributed by atoms with Crippen LogP contribution in [0.2, 0.25) is 0 Å². The van der Waals surface area contributed by atoms with Gasteiger partial charge in [0.15, 0.2) is 0 Å². The molecule has 0 aromatic heterocycles. The van der Waals surface area contributed by atoms with Gasteiger partial charge in [-0.1, -0.05) is 6.07 Å². The first-order chi connectivity index (χ1) is 5.13. The Labute approximate surface area is 65.1 Å². The van der Waals surface area contributed by atoms with E-state index in [2.05, 4.69) is 0 Å². The normalized spacial score (nSPS) is 12.9. The highest BCUT2D eigenvalue weighted by Crippen LogP contribution is 2.30. The maximum absolute atomic E-state index is 9.22. The molecule has 0 spiro atoms. The molecule has 3 nitrogen and oxygen atoms in total. The van der Waals surface area contributed by atoms with Crippen molar-refractivity contribution in [1.29, 1.82) is 0 Å². The minimum absolute atomic E-state index is 0.0417. The van der Waals surface area contributed by atoms with Crippen LogP contribution in [0.3, 0.4) is 0 Å². The van der Waals surface area contributed by atoms with E-state index in [0.29, 0.717) is 5.56 Å². The summed E-state index contributed by atoms with van der Waals surface area (Å²) >= 11 is 0. The molecule has 60 valence electrons. The first kappa shape index (κ1) is 7.88. The minimum atomic E-state index is -0.351. The van der Waals surface area contributed by atoms with Crippen molar-refractivity contribution in [1.82, 2.24) is 0 Å². The highest BCUT2D eigenvalue weighted by atomic mass is 16.3. The van der Waals surface area contributed by atoms with Crippen molar-refractivity contribution in [3.05, 3.63) is 23.8 Å². The van der Waals surface area contributed by atoms with Gasteiger partial charge in [0.05, 0.1) is 5.56 Å². The van der Waals surface area contributed by atoms with Gasteiger partial charge in [0.2, 0.25) is 0 Å². The van der Waals surface area contributed by atoms with Gasteiger partial charge in [-0.2, -0.15) is 0 Å². The predicted molar refractivity (Wildman–Crippen MR) is 42.4 cm³/mol. The molecule has 3 heteroatoms. The van der Waals surface area contributed by atoms with Crippen LogP contribution in [0.1, 0.15) is 18.5 Å². The van der Waals surface area contributed by atoms with Crippen molar-refractivity contribution in [2.75, 3.05) is 0 Å². The Bertz CT molecular complexity index is 238. The van der Waals surface area contributed by atoms with Crippen LogP contribution < -0.4 is 5.73 Å². The Morgan fingerprint density at radius 3 is 2.00 bits per heavy atom. The van der Waals surface area contributed by atoms with Crippen molar-refractivity contribution in [3.8, 4) is 11.5 Å². The molecule has 1 rings (SSSR count). The maximum Gasteiger partial charge on any atom is 0.124 e.